The second kappa shape index (κ2) is 7.76. The molecule has 10 heteroatoms. The number of benzene rings is 2. The summed E-state index contributed by atoms with van der Waals surface area (Å²) in [4.78, 5) is 41.7. The number of rotatable bonds is 6. The molecule has 0 unspecified atom stereocenters. The molecule has 2 aromatic heterocycles. The lowest BCUT2D eigenvalue weighted by molar-refractivity contribution is -0.384. The van der Waals surface area contributed by atoms with Crippen LogP contribution in [0.25, 0.3) is 16.9 Å². The van der Waals surface area contributed by atoms with Crippen molar-refractivity contribution < 1.29 is 4.92 Å². The Morgan fingerprint density at radius 1 is 1.12 bits per heavy atom. The Kier molecular flexibility index (Phi) is 4.90. The van der Waals surface area contributed by atoms with E-state index in [-0.39, 0.29) is 23.4 Å². The molecule has 1 saturated carbocycles. The second-order valence-electron chi connectivity index (χ2n) is 7.93. The number of fused-ring (bicyclic) bond motifs is 1. The lowest BCUT2D eigenvalue weighted by Gasteiger charge is -2.13. The van der Waals surface area contributed by atoms with Crippen LogP contribution < -0.4 is 11.2 Å². The van der Waals surface area contributed by atoms with Crippen LogP contribution in [0.15, 0.2) is 64.4 Å². The van der Waals surface area contributed by atoms with E-state index < -0.39 is 16.2 Å². The Labute approximate surface area is 186 Å². The number of aromatic nitrogens is 4. The Morgan fingerprint density at radius 2 is 1.91 bits per heavy atom. The Bertz CT molecular complexity index is 1480. The van der Waals surface area contributed by atoms with E-state index >= 15 is 0 Å². The fourth-order valence-electron chi connectivity index (χ4n) is 3.83. The molecular formula is C22H18ClN5O4. The normalized spacial score (nSPS) is 13.5. The first kappa shape index (κ1) is 20.2. The molecule has 0 saturated heterocycles. The Morgan fingerprint density at radius 3 is 2.62 bits per heavy atom. The van der Waals surface area contributed by atoms with Gasteiger partial charge < -0.3 is 4.57 Å². The van der Waals surface area contributed by atoms with Crippen LogP contribution in [0.4, 0.5) is 5.69 Å². The van der Waals surface area contributed by atoms with E-state index in [9.17, 15) is 19.7 Å². The standard InChI is InChI=1S/C22H18ClN5O4/c23-16-4-2-5-17(10-16)27-20-19(21(29)26(22(27)30)12-14-7-8-14)25(13-24-20)11-15-3-1-6-18(9-15)28(31)32/h1-6,9-10,13-14H,7-8,11-12H2. The van der Waals surface area contributed by atoms with E-state index in [1.807, 2.05) is 0 Å². The largest absolute Gasteiger partial charge is 0.337 e. The molecule has 0 spiro atoms. The van der Waals surface area contributed by atoms with Gasteiger partial charge in [0.15, 0.2) is 11.2 Å². The van der Waals surface area contributed by atoms with Gasteiger partial charge in [0.1, 0.15) is 0 Å². The first-order chi connectivity index (χ1) is 15.4. The predicted molar refractivity (Wildman–Crippen MR) is 120 cm³/mol. The van der Waals surface area contributed by atoms with Crippen molar-refractivity contribution in [3.8, 4) is 5.69 Å². The molecule has 1 aliphatic rings. The summed E-state index contributed by atoms with van der Waals surface area (Å²) in [6, 6.07) is 13.0. The number of hydrogen-bond donors (Lipinski definition) is 0. The molecule has 0 amide bonds. The molecule has 0 bridgehead atoms. The number of nitro benzene ring substituents is 1. The summed E-state index contributed by atoms with van der Waals surface area (Å²) in [6.45, 7) is 0.542. The number of halogens is 1. The molecule has 0 atom stereocenters. The van der Waals surface area contributed by atoms with Gasteiger partial charge >= 0.3 is 5.69 Å². The fraction of sp³-hybridized carbons (Fsp3) is 0.227. The van der Waals surface area contributed by atoms with Crippen LogP contribution in [0.5, 0.6) is 0 Å². The van der Waals surface area contributed by atoms with Crippen LogP contribution in [0, 0.1) is 16.0 Å². The molecule has 0 radical (unpaired) electrons. The van der Waals surface area contributed by atoms with Gasteiger partial charge in [-0.25, -0.2) is 14.3 Å². The van der Waals surface area contributed by atoms with E-state index in [0.717, 1.165) is 12.8 Å². The summed E-state index contributed by atoms with van der Waals surface area (Å²) in [5, 5.41) is 11.6. The first-order valence-electron chi connectivity index (χ1n) is 10.1. The van der Waals surface area contributed by atoms with Gasteiger partial charge in [0.25, 0.3) is 11.2 Å². The van der Waals surface area contributed by atoms with E-state index in [0.29, 0.717) is 28.7 Å². The highest BCUT2D eigenvalue weighted by Gasteiger charge is 2.26. The van der Waals surface area contributed by atoms with Crippen LogP contribution in [0.2, 0.25) is 5.02 Å². The smallest absolute Gasteiger partial charge is 0.320 e. The zero-order valence-electron chi connectivity index (χ0n) is 16.8. The molecule has 2 aromatic carbocycles. The molecule has 32 heavy (non-hydrogen) atoms. The monoisotopic (exact) mass is 451 g/mol. The number of nitrogens with zero attached hydrogens (tertiary/aromatic N) is 5. The van der Waals surface area contributed by atoms with Crippen molar-refractivity contribution in [2.24, 2.45) is 5.92 Å². The third kappa shape index (κ3) is 3.60. The van der Waals surface area contributed by atoms with Gasteiger partial charge in [-0.1, -0.05) is 29.8 Å². The van der Waals surface area contributed by atoms with Crippen molar-refractivity contribution in [1.29, 1.82) is 0 Å². The maximum atomic E-state index is 13.4. The third-order valence-corrected chi connectivity index (χ3v) is 5.81. The fourth-order valence-corrected chi connectivity index (χ4v) is 4.02. The molecule has 5 rings (SSSR count). The van der Waals surface area contributed by atoms with Crippen LogP contribution >= 0.6 is 11.6 Å². The van der Waals surface area contributed by atoms with Gasteiger partial charge in [-0.15, -0.1) is 0 Å². The van der Waals surface area contributed by atoms with Gasteiger partial charge in [-0.3, -0.25) is 19.5 Å². The second-order valence-corrected chi connectivity index (χ2v) is 8.37. The van der Waals surface area contributed by atoms with E-state index in [2.05, 4.69) is 4.98 Å². The molecule has 4 aromatic rings. The average Bonchev–Trinajstić information content (AvgIpc) is 3.50. The van der Waals surface area contributed by atoms with E-state index in [1.165, 1.54) is 27.6 Å². The van der Waals surface area contributed by atoms with Gasteiger partial charge in [0.05, 0.1) is 16.9 Å². The van der Waals surface area contributed by atoms with Crippen LogP contribution in [-0.4, -0.2) is 23.6 Å². The van der Waals surface area contributed by atoms with Crippen molar-refractivity contribution in [1.82, 2.24) is 18.7 Å². The highest BCUT2D eigenvalue weighted by atomic mass is 35.5. The maximum Gasteiger partial charge on any atom is 0.337 e. The summed E-state index contributed by atoms with van der Waals surface area (Å²) in [5.41, 5.74) is 0.727. The van der Waals surface area contributed by atoms with Gasteiger partial charge in [0, 0.05) is 30.2 Å². The number of imidazole rings is 1. The number of nitro groups is 1. The lowest BCUT2D eigenvalue weighted by Crippen LogP contribution is -2.40. The lowest BCUT2D eigenvalue weighted by atomic mass is 10.2. The van der Waals surface area contributed by atoms with Gasteiger partial charge in [0.2, 0.25) is 0 Å². The zero-order chi connectivity index (χ0) is 22.4. The van der Waals surface area contributed by atoms with E-state index in [1.54, 1.807) is 41.0 Å². The summed E-state index contributed by atoms with van der Waals surface area (Å²) in [6.07, 6.45) is 3.44. The quantitative estimate of drug-likeness (QED) is 0.330. The minimum atomic E-state index is -0.463. The van der Waals surface area contributed by atoms with Crippen molar-refractivity contribution in [2.75, 3.05) is 0 Å². The molecule has 0 N–H and O–H groups in total. The molecule has 1 aliphatic carbocycles. The van der Waals surface area contributed by atoms with Gasteiger partial charge in [-0.05, 0) is 42.5 Å². The van der Waals surface area contributed by atoms with Gasteiger partial charge in [-0.2, -0.15) is 0 Å². The Hall–Kier alpha value is -3.72. The molecule has 9 nitrogen and oxygen atoms in total. The molecule has 1 fully saturated rings. The van der Waals surface area contributed by atoms with Crippen molar-refractivity contribution in [3.05, 3.63) is 96.4 Å². The van der Waals surface area contributed by atoms with Crippen LogP contribution in [-0.2, 0) is 13.1 Å². The van der Waals surface area contributed by atoms with Crippen molar-refractivity contribution in [2.45, 2.75) is 25.9 Å². The van der Waals surface area contributed by atoms with E-state index in [4.69, 9.17) is 11.6 Å². The number of non-ortho nitro benzene ring substituents is 1. The maximum absolute atomic E-state index is 13.4. The van der Waals surface area contributed by atoms with Crippen LogP contribution in [0.3, 0.4) is 0 Å². The summed E-state index contributed by atoms with van der Waals surface area (Å²) in [5.74, 6) is 0.304. The average molecular weight is 452 g/mol. The molecular weight excluding hydrogens is 434 g/mol. The highest BCUT2D eigenvalue weighted by molar-refractivity contribution is 6.30. The topological polar surface area (TPSA) is 105 Å². The van der Waals surface area contributed by atoms with Crippen molar-refractivity contribution >= 4 is 28.5 Å². The molecule has 2 heterocycles. The predicted octanol–water partition coefficient (Wildman–Crippen LogP) is 3.37. The third-order valence-electron chi connectivity index (χ3n) is 5.58. The molecule has 162 valence electrons. The first-order valence-corrected chi connectivity index (χ1v) is 10.5. The molecule has 0 aliphatic heterocycles. The zero-order valence-corrected chi connectivity index (χ0v) is 17.6. The Balaban J connectivity index is 1.72. The van der Waals surface area contributed by atoms with Crippen LogP contribution in [0.1, 0.15) is 18.4 Å². The summed E-state index contributed by atoms with van der Waals surface area (Å²) < 4.78 is 4.28. The summed E-state index contributed by atoms with van der Waals surface area (Å²) in [7, 11) is 0. The minimum Gasteiger partial charge on any atom is -0.320 e. The highest BCUT2D eigenvalue weighted by Crippen LogP contribution is 2.30. The SMILES string of the molecule is O=c1c2c(ncn2Cc2cccc([N+](=O)[O-])c2)n(-c2cccc(Cl)c2)c(=O)n1CC1CC1. The minimum absolute atomic E-state index is 0.0334. The number of hydrogen-bond acceptors (Lipinski definition) is 5. The van der Waals surface area contributed by atoms with Crippen molar-refractivity contribution in [3.63, 3.8) is 0 Å². The summed E-state index contributed by atoms with van der Waals surface area (Å²) >= 11 is 6.15.